The van der Waals surface area contributed by atoms with Crippen molar-refractivity contribution in [2.24, 2.45) is 0 Å². The Morgan fingerprint density at radius 2 is 2.21 bits per heavy atom. The lowest BCUT2D eigenvalue weighted by atomic mass is 10.5. The number of aromatic carboxylic acids is 1. The molecule has 2 rings (SSSR count). The maximum Gasteiger partial charge on any atom is 0.347 e. The number of carbonyl (C=O) groups is 1. The zero-order chi connectivity index (χ0) is 14.0. The summed E-state index contributed by atoms with van der Waals surface area (Å²) in [6, 6.07) is 1.28. The number of nitrogens with zero attached hydrogens (tertiary/aromatic N) is 1. The topological polar surface area (TPSA) is 96.4 Å². The molecule has 0 fully saturated rings. The average Bonchev–Trinajstić information content (AvgIpc) is 2.94. The van der Waals surface area contributed by atoms with Crippen LogP contribution in [-0.4, -0.2) is 24.5 Å². The van der Waals surface area contributed by atoms with E-state index in [1.54, 1.807) is 5.38 Å². The van der Waals surface area contributed by atoms with E-state index < -0.39 is 16.0 Å². The van der Waals surface area contributed by atoms with Gasteiger partial charge in [-0.15, -0.1) is 22.7 Å². The molecule has 0 atom stereocenters. The van der Waals surface area contributed by atoms with Gasteiger partial charge >= 0.3 is 5.97 Å². The van der Waals surface area contributed by atoms with E-state index in [2.05, 4.69) is 9.71 Å². The second-order valence-corrected chi connectivity index (χ2v) is 7.32. The van der Waals surface area contributed by atoms with Crippen molar-refractivity contribution in [3.05, 3.63) is 32.4 Å². The minimum atomic E-state index is -3.84. The normalized spacial score (nSPS) is 11.6. The first kappa shape index (κ1) is 14.1. The molecule has 0 aliphatic rings. The maximum atomic E-state index is 12.0. The van der Waals surface area contributed by atoms with E-state index in [1.165, 1.54) is 22.8 Å². The average molecular weight is 318 g/mol. The molecule has 0 bridgehead atoms. The summed E-state index contributed by atoms with van der Waals surface area (Å²) in [6.07, 6.45) is 0. The lowest BCUT2D eigenvalue weighted by molar-refractivity contribution is 0.0698. The first-order valence-electron chi connectivity index (χ1n) is 5.11. The van der Waals surface area contributed by atoms with Gasteiger partial charge in [0.2, 0.25) is 10.0 Å². The van der Waals surface area contributed by atoms with Crippen molar-refractivity contribution in [3.63, 3.8) is 0 Å². The lowest BCUT2D eigenvalue weighted by Crippen LogP contribution is -2.24. The van der Waals surface area contributed by atoms with Gasteiger partial charge in [-0.3, -0.25) is 0 Å². The SMILES string of the molecule is Cc1nc(CNS(=O)(=O)c2ccsc2C(=O)O)cs1. The number of thiazole rings is 1. The summed E-state index contributed by atoms with van der Waals surface area (Å²) in [5, 5.41) is 12.9. The Bertz CT molecular complexity index is 702. The second-order valence-electron chi connectivity index (χ2n) is 3.60. The predicted molar refractivity (Wildman–Crippen MR) is 72.2 cm³/mol. The van der Waals surface area contributed by atoms with Crippen molar-refractivity contribution >= 4 is 38.7 Å². The van der Waals surface area contributed by atoms with Gasteiger partial charge in [-0.05, 0) is 18.4 Å². The lowest BCUT2D eigenvalue weighted by Gasteiger charge is -2.04. The minimum absolute atomic E-state index is 0.0432. The summed E-state index contributed by atoms with van der Waals surface area (Å²) in [4.78, 5) is 14.6. The number of aromatic nitrogens is 1. The number of aryl methyl sites for hydroxylation is 1. The molecule has 0 unspecified atom stereocenters. The van der Waals surface area contributed by atoms with Gasteiger partial charge < -0.3 is 5.11 Å². The van der Waals surface area contributed by atoms with Crippen molar-refractivity contribution in [3.8, 4) is 0 Å². The van der Waals surface area contributed by atoms with E-state index in [1.807, 2.05) is 6.92 Å². The number of hydrogen-bond donors (Lipinski definition) is 2. The molecule has 0 amide bonds. The van der Waals surface area contributed by atoms with E-state index in [0.29, 0.717) is 5.69 Å². The van der Waals surface area contributed by atoms with Crippen molar-refractivity contribution in [1.29, 1.82) is 0 Å². The van der Waals surface area contributed by atoms with Crippen LogP contribution >= 0.6 is 22.7 Å². The Labute approximate surface area is 117 Å². The van der Waals surface area contributed by atoms with Crippen molar-refractivity contribution in [2.75, 3.05) is 0 Å². The maximum absolute atomic E-state index is 12.0. The smallest absolute Gasteiger partial charge is 0.347 e. The fraction of sp³-hybridized carbons (Fsp3) is 0.200. The summed E-state index contributed by atoms with van der Waals surface area (Å²) in [7, 11) is -3.84. The molecule has 0 saturated carbocycles. The third-order valence-corrected chi connectivity index (χ3v) is 5.52. The highest BCUT2D eigenvalue weighted by atomic mass is 32.2. The Morgan fingerprint density at radius 1 is 1.47 bits per heavy atom. The molecule has 9 heteroatoms. The standard InChI is InChI=1S/C10H10N2O4S3/c1-6-12-7(5-18-6)4-11-19(15,16)8-2-3-17-9(8)10(13)14/h2-3,5,11H,4H2,1H3,(H,13,14). The number of carboxylic acid groups (broad SMARTS) is 1. The predicted octanol–water partition coefficient (Wildman–Crippen LogP) is 1.69. The third kappa shape index (κ3) is 3.18. The zero-order valence-corrected chi connectivity index (χ0v) is 12.2. The molecule has 0 aliphatic carbocycles. The minimum Gasteiger partial charge on any atom is -0.477 e. The fourth-order valence-electron chi connectivity index (χ4n) is 1.40. The molecule has 2 heterocycles. The van der Waals surface area contributed by atoms with Gasteiger partial charge in [0.1, 0.15) is 9.77 Å². The summed E-state index contributed by atoms with van der Waals surface area (Å²) in [6.45, 7) is 1.87. The quantitative estimate of drug-likeness (QED) is 0.874. The van der Waals surface area contributed by atoms with Gasteiger partial charge in [0.05, 0.1) is 17.2 Å². The second kappa shape index (κ2) is 5.37. The Hall–Kier alpha value is -1.29. The molecule has 0 aliphatic heterocycles. The van der Waals surface area contributed by atoms with Gasteiger partial charge in [-0.25, -0.2) is 22.9 Å². The van der Waals surface area contributed by atoms with Crippen LogP contribution in [0.5, 0.6) is 0 Å². The summed E-state index contributed by atoms with van der Waals surface area (Å²) in [5.41, 5.74) is 0.609. The number of rotatable bonds is 5. The van der Waals surface area contributed by atoms with Crippen LogP contribution in [0.25, 0.3) is 0 Å². The molecule has 6 nitrogen and oxygen atoms in total. The molecule has 0 spiro atoms. The number of thiophene rings is 1. The van der Waals surface area contributed by atoms with Gasteiger partial charge in [0, 0.05) is 5.38 Å². The molecule has 19 heavy (non-hydrogen) atoms. The van der Waals surface area contributed by atoms with E-state index >= 15 is 0 Å². The van der Waals surface area contributed by atoms with Gasteiger partial charge in [0.25, 0.3) is 0 Å². The van der Waals surface area contributed by atoms with Crippen LogP contribution in [0.4, 0.5) is 0 Å². The molecule has 2 aromatic heterocycles. The first-order chi connectivity index (χ1) is 8.90. The summed E-state index contributed by atoms with van der Waals surface area (Å²) < 4.78 is 26.4. The summed E-state index contributed by atoms with van der Waals surface area (Å²) in [5.74, 6) is -1.25. The molecule has 0 radical (unpaired) electrons. The Balaban J connectivity index is 2.18. The number of nitrogens with one attached hydrogen (secondary N) is 1. The number of carboxylic acids is 1. The fourth-order valence-corrected chi connectivity index (χ4v) is 4.27. The van der Waals surface area contributed by atoms with Crippen molar-refractivity contribution in [1.82, 2.24) is 9.71 Å². The number of hydrogen-bond acceptors (Lipinski definition) is 6. The van der Waals surface area contributed by atoms with Crippen LogP contribution in [-0.2, 0) is 16.6 Å². The molecule has 102 valence electrons. The van der Waals surface area contributed by atoms with Crippen LogP contribution < -0.4 is 4.72 Å². The van der Waals surface area contributed by atoms with Gasteiger partial charge in [-0.2, -0.15) is 0 Å². The molecular weight excluding hydrogens is 308 g/mol. The van der Waals surface area contributed by atoms with Crippen LogP contribution in [0.15, 0.2) is 21.7 Å². The van der Waals surface area contributed by atoms with Gasteiger partial charge in [0.15, 0.2) is 0 Å². The van der Waals surface area contributed by atoms with Crippen molar-refractivity contribution < 1.29 is 18.3 Å². The van der Waals surface area contributed by atoms with Crippen molar-refractivity contribution in [2.45, 2.75) is 18.4 Å². The van der Waals surface area contributed by atoms with Gasteiger partial charge in [-0.1, -0.05) is 0 Å². The van der Waals surface area contributed by atoms with Crippen LogP contribution in [0.2, 0.25) is 0 Å². The van der Waals surface area contributed by atoms with Crippen LogP contribution in [0.1, 0.15) is 20.4 Å². The van der Waals surface area contributed by atoms with E-state index in [9.17, 15) is 13.2 Å². The van der Waals surface area contributed by atoms with E-state index in [0.717, 1.165) is 16.3 Å². The largest absolute Gasteiger partial charge is 0.477 e. The molecule has 0 saturated heterocycles. The van der Waals surface area contributed by atoms with Crippen LogP contribution in [0.3, 0.4) is 0 Å². The molecule has 2 aromatic rings. The Morgan fingerprint density at radius 3 is 2.79 bits per heavy atom. The third-order valence-electron chi connectivity index (χ3n) is 2.22. The Kier molecular flexibility index (Phi) is 3.99. The first-order valence-corrected chi connectivity index (χ1v) is 8.36. The van der Waals surface area contributed by atoms with E-state index in [4.69, 9.17) is 5.11 Å². The molecular formula is C10H10N2O4S3. The molecule has 0 aromatic carbocycles. The highest BCUT2D eigenvalue weighted by Crippen LogP contribution is 2.22. The highest BCUT2D eigenvalue weighted by molar-refractivity contribution is 7.89. The zero-order valence-electron chi connectivity index (χ0n) is 9.78. The summed E-state index contributed by atoms with van der Waals surface area (Å²) >= 11 is 2.30. The molecule has 2 N–H and O–H groups in total. The van der Waals surface area contributed by atoms with E-state index in [-0.39, 0.29) is 16.3 Å². The monoisotopic (exact) mass is 318 g/mol. The van der Waals surface area contributed by atoms with Crippen LogP contribution in [0, 0.1) is 6.92 Å². The highest BCUT2D eigenvalue weighted by Gasteiger charge is 2.23. The number of sulfonamides is 1.